The first-order valence-corrected chi connectivity index (χ1v) is 16.7. The molecule has 4 aromatic heterocycles. The number of H-pyrrole nitrogens is 1. The van der Waals surface area contributed by atoms with E-state index in [2.05, 4.69) is 15.0 Å². The maximum atomic E-state index is 14.1. The summed E-state index contributed by atoms with van der Waals surface area (Å²) in [5, 5.41) is 11.7. The third-order valence-electron chi connectivity index (χ3n) is 8.57. The molecule has 8 aromatic rings. The third-order valence-corrected chi connectivity index (χ3v) is 10.8. The minimum absolute atomic E-state index is 0.0285. The van der Waals surface area contributed by atoms with E-state index >= 15 is 0 Å². The van der Waals surface area contributed by atoms with Crippen LogP contribution < -0.4 is 0 Å². The third kappa shape index (κ3) is 5.39. The fraction of sp³-hybridized carbons (Fsp3) is 0.139. The second-order valence-corrected chi connectivity index (χ2v) is 13.8. The number of thiazole rings is 2. The fourth-order valence-corrected chi connectivity index (χ4v) is 8.19. The smallest absolute Gasteiger partial charge is 0.323 e. The summed E-state index contributed by atoms with van der Waals surface area (Å²) in [6.07, 6.45) is 0. The molecule has 0 aliphatic rings. The fourth-order valence-electron chi connectivity index (χ4n) is 6.11. The van der Waals surface area contributed by atoms with E-state index in [1.807, 2.05) is 57.2 Å². The Balaban J connectivity index is 0.000000159. The normalized spacial score (nSPS) is 11.6. The van der Waals surface area contributed by atoms with Crippen LogP contribution in [0, 0.1) is 62.6 Å². The van der Waals surface area contributed by atoms with Gasteiger partial charge in [-0.15, -0.1) is 22.7 Å². The Morgan fingerprint density at radius 3 is 2.02 bits per heavy atom. The van der Waals surface area contributed by atoms with Gasteiger partial charge in [-0.05, 0) is 51.0 Å². The highest BCUT2D eigenvalue weighted by atomic mass is 32.1. The van der Waals surface area contributed by atoms with Gasteiger partial charge in [0.25, 0.3) is 0 Å². The minimum atomic E-state index is -1.29. The lowest BCUT2D eigenvalue weighted by atomic mass is 10.1. The number of fused-ring (bicyclic) bond motifs is 4. The van der Waals surface area contributed by atoms with E-state index in [-0.39, 0.29) is 27.0 Å². The second-order valence-electron chi connectivity index (χ2n) is 11.8. The SMILES string of the molecule is Cc1[nH]c2cccc(-c3nc4c(F)c(F)cc(F)c4s3)c2c1C.Cc1ccc2c(-c3nc4c(F)c(F)cc(F)c4s3)c(C)n(CC(=O)O)c2c1. The van der Waals surface area contributed by atoms with Gasteiger partial charge < -0.3 is 14.7 Å². The molecule has 0 atom stereocenters. The van der Waals surface area contributed by atoms with Crippen molar-refractivity contribution in [1.82, 2.24) is 19.5 Å². The number of hydrogen-bond acceptors (Lipinski definition) is 5. The Morgan fingerprint density at radius 1 is 0.800 bits per heavy atom. The van der Waals surface area contributed by atoms with E-state index in [1.54, 1.807) is 11.5 Å². The summed E-state index contributed by atoms with van der Waals surface area (Å²) >= 11 is 1.94. The maximum Gasteiger partial charge on any atom is 0.323 e. The Hall–Kier alpha value is -5.21. The van der Waals surface area contributed by atoms with Crippen molar-refractivity contribution in [3.05, 3.63) is 106 Å². The summed E-state index contributed by atoms with van der Waals surface area (Å²) in [6.45, 7) is 7.30. The first kappa shape index (κ1) is 33.3. The number of aryl methyl sites for hydroxylation is 3. The van der Waals surface area contributed by atoms with Crippen LogP contribution in [0.25, 0.3) is 63.4 Å². The number of nitrogens with one attached hydrogen (secondary N) is 1. The van der Waals surface area contributed by atoms with Crippen LogP contribution in [-0.4, -0.2) is 30.6 Å². The number of halogens is 6. The van der Waals surface area contributed by atoms with Crippen molar-refractivity contribution in [1.29, 1.82) is 0 Å². The second kappa shape index (κ2) is 12.3. The number of aromatic nitrogens is 4. The number of carboxylic acid groups (broad SMARTS) is 1. The van der Waals surface area contributed by atoms with Crippen molar-refractivity contribution in [3.8, 4) is 21.1 Å². The van der Waals surface area contributed by atoms with Gasteiger partial charge in [0.15, 0.2) is 23.3 Å². The monoisotopic (exact) mass is 722 g/mol. The van der Waals surface area contributed by atoms with Crippen molar-refractivity contribution in [2.24, 2.45) is 0 Å². The molecule has 0 spiro atoms. The number of hydrogen-bond donors (Lipinski definition) is 2. The zero-order valence-corrected chi connectivity index (χ0v) is 28.2. The highest BCUT2D eigenvalue weighted by molar-refractivity contribution is 7.22. The lowest BCUT2D eigenvalue weighted by Crippen LogP contribution is -2.09. The molecule has 254 valence electrons. The molecule has 0 radical (unpaired) electrons. The number of carbonyl (C=O) groups is 1. The van der Waals surface area contributed by atoms with Crippen molar-refractivity contribution in [2.45, 2.75) is 34.2 Å². The number of rotatable bonds is 4. The minimum Gasteiger partial charge on any atom is -0.480 e. The van der Waals surface area contributed by atoms with E-state index in [0.717, 1.165) is 61.3 Å². The van der Waals surface area contributed by atoms with Gasteiger partial charge >= 0.3 is 5.97 Å². The standard InChI is InChI=1S/C19H13F3N2O2S.C17H11F3N2S/c1-8-3-4-10-13(5-8)24(7-14(25)26)9(2)15(10)19-23-17-16(22)11(20)6-12(21)18(17)27-19;1-7-8(2)21-12-5-3-4-9(13(7)12)17-22-15-14(20)10(18)6-11(19)16(15)23-17/h3-6H,7H2,1-2H3,(H,25,26);3-6,21H,1-2H3. The van der Waals surface area contributed by atoms with Crippen LogP contribution in [0.4, 0.5) is 26.3 Å². The zero-order chi connectivity index (χ0) is 35.8. The molecule has 6 nitrogen and oxygen atoms in total. The summed E-state index contributed by atoms with van der Waals surface area (Å²) in [4.78, 5) is 22.8. The molecule has 0 saturated carbocycles. The van der Waals surface area contributed by atoms with Gasteiger partial charge in [0, 0.05) is 56.5 Å². The van der Waals surface area contributed by atoms with Crippen molar-refractivity contribution in [3.63, 3.8) is 0 Å². The predicted octanol–water partition coefficient (Wildman–Crippen LogP) is 10.5. The number of aromatic amines is 1. The Bertz CT molecular complexity index is 2690. The molecular formula is C36H24F6N4O2S2. The Labute approximate surface area is 287 Å². The quantitative estimate of drug-likeness (QED) is 0.140. The van der Waals surface area contributed by atoms with Crippen LogP contribution in [0.2, 0.25) is 0 Å². The largest absolute Gasteiger partial charge is 0.480 e. The molecule has 2 N–H and O–H groups in total. The van der Waals surface area contributed by atoms with Gasteiger partial charge in [-0.3, -0.25) is 4.79 Å². The number of carboxylic acids is 1. The molecule has 0 aliphatic carbocycles. The highest BCUT2D eigenvalue weighted by Crippen LogP contribution is 2.41. The van der Waals surface area contributed by atoms with E-state index in [9.17, 15) is 36.2 Å². The topological polar surface area (TPSA) is 83.8 Å². The van der Waals surface area contributed by atoms with Gasteiger partial charge in [0.1, 0.15) is 39.2 Å². The lowest BCUT2D eigenvalue weighted by molar-refractivity contribution is -0.137. The molecule has 0 aliphatic heterocycles. The van der Waals surface area contributed by atoms with Crippen LogP contribution >= 0.6 is 22.7 Å². The van der Waals surface area contributed by atoms with Gasteiger partial charge in [0.2, 0.25) is 0 Å². The van der Waals surface area contributed by atoms with Crippen molar-refractivity contribution in [2.75, 3.05) is 0 Å². The summed E-state index contributed by atoms with van der Waals surface area (Å²) in [7, 11) is 0. The van der Waals surface area contributed by atoms with Gasteiger partial charge in [-0.1, -0.05) is 24.3 Å². The first-order chi connectivity index (χ1) is 23.7. The molecule has 0 fully saturated rings. The average molecular weight is 723 g/mol. The lowest BCUT2D eigenvalue weighted by Gasteiger charge is -2.05. The molecule has 14 heteroatoms. The first-order valence-electron chi connectivity index (χ1n) is 15.0. The zero-order valence-electron chi connectivity index (χ0n) is 26.6. The van der Waals surface area contributed by atoms with Gasteiger partial charge in [0.05, 0.1) is 9.40 Å². The molecule has 0 saturated heterocycles. The van der Waals surface area contributed by atoms with E-state index in [1.165, 1.54) is 0 Å². The van der Waals surface area contributed by atoms with Crippen molar-refractivity contribution >= 4 is 70.9 Å². The summed E-state index contributed by atoms with van der Waals surface area (Å²) < 4.78 is 84.5. The maximum absolute atomic E-state index is 14.1. The van der Waals surface area contributed by atoms with E-state index < -0.39 is 40.9 Å². The number of benzene rings is 4. The molecule has 0 bridgehead atoms. The summed E-state index contributed by atoms with van der Waals surface area (Å²) in [5.41, 5.74) is 6.01. The van der Waals surface area contributed by atoms with Crippen LogP contribution in [0.5, 0.6) is 0 Å². The summed E-state index contributed by atoms with van der Waals surface area (Å²) in [5.74, 6) is -7.51. The molecule has 4 aromatic carbocycles. The molecular weight excluding hydrogens is 699 g/mol. The van der Waals surface area contributed by atoms with E-state index in [0.29, 0.717) is 38.9 Å². The van der Waals surface area contributed by atoms with E-state index in [4.69, 9.17) is 0 Å². The van der Waals surface area contributed by atoms with Gasteiger partial charge in [-0.2, -0.15) is 0 Å². The molecule has 0 amide bonds. The highest BCUT2D eigenvalue weighted by Gasteiger charge is 2.24. The van der Waals surface area contributed by atoms with Gasteiger partial charge in [-0.25, -0.2) is 36.3 Å². The van der Waals surface area contributed by atoms with Crippen LogP contribution in [0.1, 0.15) is 22.5 Å². The van der Waals surface area contributed by atoms with Crippen LogP contribution in [0.3, 0.4) is 0 Å². The molecule has 4 heterocycles. The molecule has 50 heavy (non-hydrogen) atoms. The Kier molecular flexibility index (Phi) is 8.18. The molecule has 8 rings (SSSR count). The van der Waals surface area contributed by atoms with Crippen LogP contribution in [-0.2, 0) is 11.3 Å². The average Bonchev–Trinajstić information content (AvgIpc) is 3.83. The molecule has 0 unspecified atom stereocenters. The summed E-state index contributed by atoms with van der Waals surface area (Å²) in [6, 6.07) is 12.2. The Morgan fingerprint density at radius 2 is 1.40 bits per heavy atom. The number of aliphatic carboxylic acids is 1. The van der Waals surface area contributed by atoms with Crippen LogP contribution in [0.15, 0.2) is 48.5 Å². The van der Waals surface area contributed by atoms with Crippen molar-refractivity contribution < 1.29 is 36.2 Å². The number of nitrogens with zero attached hydrogens (tertiary/aromatic N) is 3. The predicted molar refractivity (Wildman–Crippen MR) is 184 cm³/mol.